The van der Waals surface area contributed by atoms with E-state index in [1.165, 1.54) is 16.9 Å². The zero-order valence-electron chi connectivity index (χ0n) is 11.8. The van der Waals surface area contributed by atoms with Crippen molar-refractivity contribution in [2.45, 2.75) is 19.4 Å². The summed E-state index contributed by atoms with van der Waals surface area (Å²) in [6.07, 6.45) is -1.30. The summed E-state index contributed by atoms with van der Waals surface area (Å²) in [5.74, 6) is -0.139. The number of nitrogens with one attached hydrogen (secondary N) is 1. The summed E-state index contributed by atoms with van der Waals surface area (Å²) in [5.41, 5.74) is 0.663. The topological polar surface area (TPSA) is 93.2 Å². The first-order valence-electron chi connectivity index (χ1n) is 6.45. The third-order valence-electron chi connectivity index (χ3n) is 3.09. The van der Waals surface area contributed by atoms with Gasteiger partial charge in [-0.1, -0.05) is 0 Å². The lowest BCUT2D eigenvalue weighted by molar-refractivity contribution is 0.137. The average molecular weight is 309 g/mol. The summed E-state index contributed by atoms with van der Waals surface area (Å²) < 4.78 is 28.1. The molecule has 0 spiro atoms. The van der Waals surface area contributed by atoms with Gasteiger partial charge < -0.3 is 10.4 Å². The maximum Gasteiger partial charge on any atom is 0.299 e. The van der Waals surface area contributed by atoms with Gasteiger partial charge in [0.25, 0.3) is 6.43 Å². The van der Waals surface area contributed by atoms with Crippen molar-refractivity contribution in [2.24, 2.45) is 7.05 Å². The van der Waals surface area contributed by atoms with Crippen molar-refractivity contribution in [3.8, 4) is 5.75 Å². The summed E-state index contributed by atoms with van der Waals surface area (Å²) in [7, 11) is 1.69. The van der Waals surface area contributed by atoms with E-state index in [0.29, 0.717) is 11.5 Å². The van der Waals surface area contributed by atoms with Crippen molar-refractivity contribution in [3.63, 3.8) is 0 Å². The molecule has 3 rings (SSSR count). The molecule has 0 amide bonds. The van der Waals surface area contributed by atoms with E-state index in [2.05, 4.69) is 25.7 Å². The molecule has 0 saturated carbocycles. The van der Waals surface area contributed by atoms with E-state index in [9.17, 15) is 13.9 Å². The molecule has 3 aromatic rings. The molecule has 2 N–H and O–H groups in total. The number of hydrogen-bond acceptors (Lipinski definition) is 6. The number of aromatic hydroxyl groups is 1. The van der Waals surface area contributed by atoms with E-state index in [1.807, 2.05) is 0 Å². The monoisotopic (exact) mass is 309 g/mol. The highest BCUT2D eigenvalue weighted by atomic mass is 19.3. The van der Waals surface area contributed by atoms with Crippen molar-refractivity contribution in [3.05, 3.63) is 29.8 Å². The largest absolute Gasteiger partial charge is 0.504 e. The molecule has 8 nitrogen and oxygen atoms in total. The van der Waals surface area contributed by atoms with Crippen LogP contribution in [0.5, 0.6) is 5.75 Å². The Hall–Kier alpha value is -2.78. The van der Waals surface area contributed by atoms with Crippen molar-refractivity contribution < 1.29 is 13.9 Å². The fourth-order valence-corrected chi connectivity index (χ4v) is 2.11. The molecule has 0 bridgehead atoms. The Morgan fingerprint density at radius 3 is 2.64 bits per heavy atom. The molecule has 3 heterocycles. The molecule has 0 aromatic carbocycles. The number of rotatable bonds is 4. The summed E-state index contributed by atoms with van der Waals surface area (Å²) in [4.78, 5) is 0. The first kappa shape index (κ1) is 14.2. The number of aryl methyl sites for hydroxylation is 1. The van der Waals surface area contributed by atoms with Gasteiger partial charge in [-0.25, -0.2) is 8.78 Å². The van der Waals surface area contributed by atoms with Crippen LogP contribution in [-0.2, 0) is 7.05 Å². The Kier molecular flexibility index (Phi) is 3.35. The van der Waals surface area contributed by atoms with Gasteiger partial charge in [-0.05, 0) is 19.1 Å². The Morgan fingerprint density at radius 1 is 1.23 bits per heavy atom. The molecule has 10 heteroatoms. The molecule has 1 unspecified atom stereocenters. The van der Waals surface area contributed by atoms with Crippen LogP contribution in [0.4, 0.5) is 14.6 Å². The summed E-state index contributed by atoms with van der Waals surface area (Å²) in [6, 6.07) is 2.76. The smallest absolute Gasteiger partial charge is 0.299 e. The Bertz CT molecular complexity index is 813. The van der Waals surface area contributed by atoms with Gasteiger partial charge in [0.2, 0.25) is 5.82 Å². The highest BCUT2D eigenvalue weighted by molar-refractivity contribution is 5.45. The molecular weight excluding hydrogens is 296 g/mol. The van der Waals surface area contributed by atoms with Crippen LogP contribution in [0, 0.1) is 0 Å². The molecule has 3 aromatic heterocycles. The quantitative estimate of drug-likeness (QED) is 0.761. The van der Waals surface area contributed by atoms with Gasteiger partial charge >= 0.3 is 0 Å². The van der Waals surface area contributed by atoms with Crippen molar-refractivity contribution in [1.29, 1.82) is 0 Å². The Labute approximate surface area is 123 Å². The molecule has 0 aliphatic rings. The second-order valence-electron chi connectivity index (χ2n) is 4.79. The molecule has 0 aliphatic heterocycles. The minimum Gasteiger partial charge on any atom is -0.504 e. The maximum absolute atomic E-state index is 12.8. The third kappa shape index (κ3) is 2.43. The van der Waals surface area contributed by atoms with E-state index in [1.54, 1.807) is 20.0 Å². The second kappa shape index (κ2) is 5.20. The number of nitrogens with zero attached hydrogens (tertiary/aromatic N) is 6. The molecule has 0 fully saturated rings. The van der Waals surface area contributed by atoms with Gasteiger partial charge in [-0.15, -0.1) is 15.3 Å². The fourth-order valence-electron chi connectivity index (χ4n) is 2.11. The van der Waals surface area contributed by atoms with Crippen LogP contribution in [0.25, 0.3) is 5.65 Å². The van der Waals surface area contributed by atoms with Gasteiger partial charge in [-0.2, -0.15) is 9.61 Å². The van der Waals surface area contributed by atoms with Gasteiger partial charge in [0, 0.05) is 7.05 Å². The molecule has 0 aliphatic carbocycles. The molecule has 116 valence electrons. The van der Waals surface area contributed by atoms with Crippen LogP contribution < -0.4 is 5.32 Å². The number of anilines is 1. The predicted molar refractivity (Wildman–Crippen MR) is 72.6 cm³/mol. The van der Waals surface area contributed by atoms with E-state index in [0.717, 1.165) is 4.52 Å². The van der Waals surface area contributed by atoms with Crippen LogP contribution in [0.3, 0.4) is 0 Å². The number of hydrogen-bond donors (Lipinski definition) is 2. The number of alkyl halides is 2. The Morgan fingerprint density at radius 2 is 2.00 bits per heavy atom. The van der Waals surface area contributed by atoms with E-state index >= 15 is 0 Å². The van der Waals surface area contributed by atoms with E-state index < -0.39 is 12.2 Å². The first-order valence-corrected chi connectivity index (χ1v) is 6.45. The normalized spacial score (nSPS) is 13.0. The highest BCUT2D eigenvalue weighted by Gasteiger charge is 2.18. The summed E-state index contributed by atoms with van der Waals surface area (Å²) in [6.45, 7) is 1.77. The van der Waals surface area contributed by atoms with Crippen LogP contribution in [-0.4, -0.2) is 34.7 Å². The predicted octanol–water partition coefficient (Wildman–Crippen LogP) is 1.67. The zero-order chi connectivity index (χ0) is 15.9. The summed E-state index contributed by atoms with van der Waals surface area (Å²) in [5, 5.41) is 28.0. The van der Waals surface area contributed by atoms with Crippen molar-refractivity contribution in [2.75, 3.05) is 5.32 Å². The second-order valence-corrected chi connectivity index (χ2v) is 4.79. The zero-order valence-corrected chi connectivity index (χ0v) is 11.8. The standard InChI is InChI=1S/C12H13F2N7O/c1-6(10-7(22)5-20(2)19-10)15-8-3-4-9-16-17-12(11(13)14)21(9)18-8/h3-6,11,22H,1-2H3,(H,15,18). The van der Waals surface area contributed by atoms with E-state index in [4.69, 9.17) is 0 Å². The summed E-state index contributed by atoms with van der Waals surface area (Å²) >= 11 is 0. The van der Waals surface area contributed by atoms with Gasteiger partial charge in [0.1, 0.15) is 11.5 Å². The lowest BCUT2D eigenvalue weighted by Crippen LogP contribution is -2.11. The number of aromatic nitrogens is 6. The highest BCUT2D eigenvalue weighted by Crippen LogP contribution is 2.25. The third-order valence-corrected chi connectivity index (χ3v) is 3.09. The van der Waals surface area contributed by atoms with Gasteiger partial charge in [-0.3, -0.25) is 4.68 Å². The average Bonchev–Trinajstić information content (AvgIpc) is 3.01. The number of fused-ring (bicyclic) bond motifs is 1. The lowest BCUT2D eigenvalue weighted by Gasteiger charge is -2.12. The van der Waals surface area contributed by atoms with Crippen LogP contribution in [0.2, 0.25) is 0 Å². The minimum atomic E-state index is -2.77. The van der Waals surface area contributed by atoms with Crippen LogP contribution in [0.1, 0.15) is 30.9 Å². The van der Waals surface area contributed by atoms with Crippen LogP contribution >= 0.6 is 0 Å². The first-order chi connectivity index (χ1) is 10.5. The SMILES string of the molecule is CC(Nc1ccc2nnc(C(F)F)n2n1)c1nn(C)cc1O. The van der Waals surface area contributed by atoms with Gasteiger partial charge in [0.05, 0.1) is 12.2 Å². The van der Waals surface area contributed by atoms with Crippen molar-refractivity contribution >= 4 is 11.5 Å². The number of halogens is 2. The molecular formula is C12H13F2N7O. The maximum atomic E-state index is 12.8. The Balaban J connectivity index is 1.90. The minimum absolute atomic E-state index is 0.0427. The van der Waals surface area contributed by atoms with E-state index in [-0.39, 0.29) is 17.4 Å². The molecule has 0 radical (unpaired) electrons. The lowest BCUT2D eigenvalue weighted by atomic mass is 10.2. The van der Waals surface area contributed by atoms with Crippen molar-refractivity contribution in [1.82, 2.24) is 29.6 Å². The molecule has 1 atom stereocenters. The van der Waals surface area contributed by atoms with Crippen LogP contribution in [0.15, 0.2) is 18.3 Å². The molecule has 22 heavy (non-hydrogen) atoms. The van der Waals surface area contributed by atoms with Gasteiger partial charge in [0.15, 0.2) is 11.4 Å². The fraction of sp³-hybridized carbons (Fsp3) is 0.333. The molecule has 0 saturated heterocycles.